The van der Waals surface area contributed by atoms with Gasteiger partial charge in [-0.3, -0.25) is 34.4 Å². The molecular formula is C46H80Co2N6O9. The first-order valence-corrected chi connectivity index (χ1v) is 20.0. The Morgan fingerprint density at radius 1 is 0.508 bits per heavy atom. The molecule has 0 bridgehead atoms. The molecule has 366 valence electrons. The first-order valence-electron chi connectivity index (χ1n) is 20.0. The number of carboxylic acids is 3. The summed E-state index contributed by atoms with van der Waals surface area (Å²) in [5.41, 5.74) is 5.26. The van der Waals surface area contributed by atoms with Crippen molar-refractivity contribution < 1.29 is 78.2 Å². The van der Waals surface area contributed by atoms with Gasteiger partial charge < -0.3 is 30.3 Å². The number of carbonyl (C=O) groups is 3. The molecule has 2 aromatic heterocycles. The van der Waals surface area contributed by atoms with Crippen LogP contribution in [0.5, 0.6) is 0 Å². The van der Waals surface area contributed by atoms with Crippen LogP contribution in [-0.2, 0) is 52.7 Å². The van der Waals surface area contributed by atoms with Crippen LogP contribution in [0.1, 0.15) is 146 Å². The summed E-state index contributed by atoms with van der Waals surface area (Å²) in [5, 5.41) is 41.6. The van der Waals surface area contributed by atoms with Gasteiger partial charge in [-0.2, -0.15) is 0 Å². The number of carboxylic acid groups (broad SMARTS) is 3. The maximum Gasteiger partial charge on any atom is 0.308 e. The molecular weight excluding hydrogens is 898 g/mol. The van der Waals surface area contributed by atoms with Gasteiger partial charge in [-0.1, -0.05) is 32.9 Å². The SMILES string of the molecule is C1CCOC1.CC(C)(C)C(=O)O.CC(C)(C)C(=O)O.CC(C)(C)C(=O)O.CC(C)(C)C(O)O.CN=C(C)c1cccc(C(C)=NC)n1.CN=C(C)c1cccc(C(C)=NC)n1.[Co].[Co]. The van der Waals surface area contributed by atoms with Gasteiger partial charge in [0.25, 0.3) is 0 Å². The number of ether oxygens (including phenoxy) is 1. The van der Waals surface area contributed by atoms with Crippen LogP contribution in [-0.4, -0.2) is 124 Å². The average Bonchev–Trinajstić information content (AvgIpc) is 3.77. The number of aliphatic hydroxyl groups is 2. The summed E-state index contributed by atoms with van der Waals surface area (Å²) < 4.78 is 4.94. The molecule has 1 fully saturated rings. The van der Waals surface area contributed by atoms with Crippen molar-refractivity contribution in [2.24, 2.45) is 41.6 Å². The van der Waals surface area contributed by atoms with Crippen molar-refractivity contribution in [1.82, 2.24) is 9.97 Å². The molecule has 1 saturated heterocycles. The number of pyridine rings is 2. The van der Waals surface area contributed by atoms with Crippen molar-refractivity contribution in [1.29, 1.82) is 0 Å². The molecule has 2 radical (unpaired) electrons. The van der Waals surface area contributed by atoms with Crippen LogP contribution in [0.2, 0.25) is 0 Å². The molecule has 0 spiro atoms. The van der Waals surface area contributed by atoms with E-state index in [4.69, 9.17) is 30.3 Å². The number of nitrogens with zero attached hydrogens (tertiary/aromatic N) is 6. The number of hydrogen-bond acceptors (Lipinski definition) is 12. The molecule has 1 aliphatic heterocycles. The third-order valence-electron chi connectivity index (χ3n) is 7.85. The molecule has 0 aromatic carbocycles. The van der Waals surface area contributed by atoms with E-state index in [1.54, 1.807) is 111 Å². The summed E-state index contributed by atoms with van der Waals surface area (Å²) in [6.45, 7) is 30.0. The summed E-state index contributed by atoms with van der Waals surface area (Å²) in [6, 6.07) is 11.8. The van der Waals surface area contributed by atoms with Crippen LogP contribution < -0.4 is 0 Å². The summed E-state index contributed by atoms with van der Waals surface area (Å²) in [5.74, 6) is -2.27. The van der Waals surface area contributed by atoms with Gasteiger partial charge in [0.05, 0.1) is 61.9 Å². The Morgan fingerprint density at radius 3 is 0.778 bits per heavy atom. The Hall–Kier alpha value is -3.72. The molecule has 0 saturated carbocycles. The topological polar surface area (TPSA) is 237 Å². The zero-order valence-electron chi connectivity index (χ0n) is 41.6. The van der Waals surface area contributed by atoms with Crippen LogP contribution in [0.3, 0.4) is 0 Å². The number of aromatic nitrogens is 2. The Bertz CT molecular complexity index is 1510. The first kappa shape index (κ1) is 70.9. The normalized spacial score (nSPS) is 12.9. The van der Waals surface area contributed by atoms with E-state index >= 15 is 0 Å². The molecule has 17 heteroatoms. The quantitative estimate of drug-likeness (QED) is 0.144. The number of hydrogen-bond donors (Lipinski definition) is 5. The fourth-order valence-electron chi connectivity index (χ4n) is 2.64. The molecule has 63 heavy (non-hydrogen) atoms. The van der Waals surface area contributed by atoms with E-state index in [1.807, 2.05) is 64.1 Å². The number of aliphatic hydroxyl groups excluding tert-OH is 1. The van der Waals surface area contributed by atoms with Crippen molar-refractivity contribution in [3.05, 3.63) is 59.2 Å². The van der Waals surface area contributed by atoms with Crippen LogP contribution in [0, 0.1) is 21.7 Å². The largest absolute Gasteiger partial charge is 0.481 e. The summed E-state index contributed by atoms with van der Waals surface area (Å²) in [6.07, 6.45) is 1.35. The van der Waals surface area contributed by atoms with Crippen molar-refractivity contribution in [3.8, 4) is 0 Å². The van der Waals surface area contributed by atoms with Crippen molar-refractivity contribution in [2.75, 3.05) is 41.4 Å². The van der Waals surface area contributed by atoms with Gasteiger partial charge in [0, 0.05) is 80.4 Å². The van der Waals surface area contributed by atoms with E-state index in [0.717, 1.165) is 58.8 Å². The Morgan fingerprint density at radius 2 is 0.683 bits per heavy atom. The predicted octanol–water partition coefficient (Wildman–Crippen LogP) is 8.40. The van der Waals surface area contributed by atoms with Crippen molar-refractivity contribution in [2.45, 2.75) is 130 Å². The zero-order chi connectivity index (χ0) is 48.9. The molecule has 0 unspecified atom stereocenters. The smallest absolute Gasteiger partial charge is 0.308 e. The summed E-state index contributed by atoms with van der Waals surface area (Å²) >= 11 is 0. The van der Waals surface area contributed by atoms with E-state index in [9.17, 15) is 14.4 Å². The summed E-state index contributed by atoms with van der Waals surface area (Å²) in [4.78, 5) is 55.4. The van der Waals surface area contributed by atoms with Crippen LogP contribution in [0.4, 0.5) is 0 Å². The number of aliphatic carboxylic acids is 3. The van der Waals surface area contributed by atoms with E-state index in [0.29, 0.717) is 0 Å². The zero-order valence-corrected chi connectivity index (χ0v) is 43.7. The second kappa shape index (κ2) is 35.6. The van der Waals surface area contributed by atoms with Crippen LogP contribution in [0.25, 0.3) is 0 Å². The Kier molecular flexibility index (Phi) is 40.1. The molecule has 1 aliphatic rings. The molecule has 3 heterocycles. The average molecular weight is 979 g/mol. The van der Waals surface area contributed by atoms with Gasteiger partial charge in [0.2, 0.25) is 0 Å². The maximum atomic E-state index is 10.0. The third-order valence-corrected chi connectivity index (χ3v) is 7.85. The Labute approximate surface area is 399 Å². The Balaban J connectivity index is -0.000000155. The molecule has 0 amide bonds. The van der Waals surface area contributed by atoms with Gasteiger partial charge in [-0.25, -0.2) is 9.97 Å². The standard InChI is InChI=1S/2C11H15N3.C5H12O2.3C5H10O2.C4H8O.2Co/c2*1-8(12-3)10-6-5-7-11(14-10)9(2)13-4;4*1-5(2,3)4(6)7;1-2-4-5-3-1;;/h2*5-7H,1-4H3;4,6-7H,1-3H3;3*1-3H3,(H,6,7);1-4H2;;. The van der Waals surface area contributed by atoms with Crippen molar-refractivity contribution in [3.63, 3.8) is 0 Å². The molecule has 0 aliphatic carbocycles. The minimum absolute atomic E-state index is 0. The fraction of sp³-hybridized carbons (Fsp3) is 0.630. The minimum atomic E-state index is -1.20. The van der Waals surface area contributed by atoms with E-state index in [-0.39, 0.29) is 39.0 Å². The molecule has 5 N–H and O–H groups in total. The maximum absolute atomic E-state index is 10.0. The van der Waals surface area contributed by atoms with Gasteiger partial charge in [-0.15, -0.1) is 0 Å². The monoisotopic (exact) mass is 978 g/mol. The fourth-order valence-corrected chi connectivity index (χ4v) is 2.64. The van der Waals surface area contributed by atoms with Gasteiger partial charge in [-0.05, 0) is 127 Å². The second-order valence-corrected chi connectivity index (χ2v) is 17.8. The molecule has 15 nitrogen and oxygen atoms in total. The molecule has 3 rings (SSSR count). The molecule has 0 atom stereocenters. The number of rotatable bonds is 4. The predicted molar refractivity (Wildman–Crippen MR) is 250 cm³/mol. The van der Waals surface area contributed by atoms with E-state index in [1.165, 1.54) is 12.8 Å². The minimum Gasteiger partial charge on any atom is -0.481 e. The third kappa shape index (κ3) is 38.5. The van der Waals surface area contributed by atoms with Crippen LogP contribution >= 0.6 is 0 Å². The van der Waals surface area contributed by atoms with E-state index < -0.39 is 40.4 Å². The van der Waals surface area contributed by atoms with Gasteiger partial charge >= 0.3 is 17.9 Å². The molecule has 2 aromatic rings. The van der Waals surface area contributed by atoms with Crippen LogP contribution in [0.15, 0.2) is 56.4 Å². The second-order valence-electron chi connectivity index (χ2n) is 17.8. The van der Waals surface area contributed by atoms with Gasteiger partial charge in [0.15, 0.2) is 6.29 Å². The van der Waals surface area contributed by atoms with Gasteiger partial charge in [0.1, 0.15) is 0 Å². The summed E-state index contributed by atoms with van der Waals surface area (Å²) in [7, 11) is 7.07. The van der Waals surface area contributed by atoms with Crippen molar-refractivity contribution >= 4 is 40.8 Å². The first-order chi connectivity index (χ1) is 27.6. The number of aliphatic imine (C=N–C) groups is 4. The van der Waals surface area contributed by atoms with E-state index in [2.05, 4.69) is 29.9 Å².